The summed E-state index contributed by atoms with van der Waals surface area (Å²) in [7, 11) is 1.56. The summed E-state index contributed by atoms with van der Waals surface area (Å²) >= 11 is 0. The fourth-order valence-electron chi connectivity index (χ4n) is 1.20. The first-order valence-corrected chi connectivity index (χ1v) is 3.69. The van der Waals surface area contributed by atoms with Gasteiger partial charge < -0.3 is 4.74 Å². The summed E-state index contributed by atoms with van der Waals surface area (Å²) < 4.78 is 5.04. The van der Waals surface area contributed by atoms with E-state index in [4.69, 9.17) is 10.1 Å². The van der Waals surface area contributed by atoms with E-state index in [0.717, 1.165) is 11.1 Å². The smallest absolute Gasteiger partial charge is 0.429 e. The highest BCUT2D eigenvalue weighted by molar-refractivity contribution is 5.63. The first kappa shape index (κ1) is 8.54. The second kappa shape index (κ2) is 3.22. The summed E-state index contributed by atoms with van der Waals surface area (Å²) in [5.41, 5.74) is 2.51. The van der Waals surface area contributed by atoms with Crippen LogP contribution < -0.4 is 4.74 Å². The lowest BCUT2D eigenvalue weighted by molar-refractivity contribution is 0.416. The Bertz CT molecular complexity index is 339. The van der Waals surface area contributed by atoms with Gasteiger partial charge in [-0.3, -0.25) is 0 Å². The van der Waals surface area contributed by atoms with Gasteiger partial charge in [-0.15, -0.1) is 0 Å². The van der Waals surface area contributed by atoms with Crippen LogP contribution in [0.5, 0.6) is 5.75 Å². The van der Waals surface area contributed by atoms with Gasteiger partial charge in [0.1, 0.15) is 0 Å². The zero-order valence-corrected chi connectivity index (χ0v) is 7.46. The van der Waals surface area contributed by atoms with E-state index >= 15 is 0 Å². The van der Waals surface area contributed by atoms with E-state index in [1.807, 2.05) is 26.0 Å². The van der Waals surface area contributed by atoms with Gasteiger partial charge in [0, 0.05) is 5.56 Å². The summed E-state index contributed by atoms with van der Waals surface area (Å²) in [6.07, 6.45) is 0. The second-order valence-corrected chi connectivity index (χ2v) is 2.73. The van der Waals surface area contributed by atoms with Gasteiger partial charge in [0.15, 0.2) is 4.98 Å². The lowest BCUT2D eigenvalue weighted by Gasteiger charge is -1.99. The Labute approximate surface area is 71.6 Å². The molecule has 0 amide bonds. The molecular formula is C9H11N2O+. The average molecular weight is 163 g/mol. The normalized spacial score (nSPS) is 9.17. The maximum atomic E-state index is 8.67. The fraction of sp³-hybridized carbons (Fsp3) is 0.333. The van der Waals surface area contributed by atoms with Crippen molar-refractivity contribution in [1.82, 2.24) is 0 Å². The molecule has 62 valence electrons. The number of benzene rings is 1. The van der Waals surface area contributed by atoms with Crippen LogP contribution in [-0.2, 0) is 0 Å². The fourth-order valence-corrected chi connectivity index (χ4v) is 1.20. The Morgan fingerprint density at radius 3 is 2.50 bits per heavy atom. The molecule has 0 atom stereocenters. The number of aryl methyl sites for hydroxylation is 2. The van der Waals surface area contributed by atoms with Crippen molar-refractivity contribution in [3.63, 3.8) is 0 Å². The van der Waals surface area contributed by atoms with Crippen LogP contribution in [0.25, 0.3) is 4.98 Å². The van der Waals surface area contributed by atoms with E-state index in [0.29, 0.717) is 11.4 Å². The Kier molecular flexibility index (Phi) is 2.29. The molecule has 1 aromatic rings. The van der Waals surface area contributed by atoms with Crippen molar-refractivity contribution >= 4 is 5.69 Å². The van der Waals surface area contributed by atoms with E-state index in [9.17, 15) is 0 Å². The molecule has 0 aliphatic carbocycles. The summed E-state index contributed by atoms with van der Waals surface area (Å²) in [6, 6.07) is 3.78. The third-order valence-electron chi connectivity index (χ3n) is 1.73. The predicted octanol–water partition coefficient (Wildman–Crippen LogP) is 2.80. The van der Waals surface area contributed by atoms with Crippen LogP contribution >= 0.6 is 0 Å². The number of rotatable bonds is 1. The lowest BCUT2D eigenvalue weighted by Crippen LogP contribution is -1.86. The molecule has 0 saturated carbocycles. The van der Waals surface area contributed by atoms with Gasteiger partial charge in [0.05, 0.1) is 7.11 Å². The van der Waals surface area contributed by atoms with Crippen molar-refractivity contribution in [1.29, 1.82) is 5.39 Å². The molecule has 0 N–H and O–H groups in total. The molecule has 1 rings (SSSR count). The zero-order chi connectivity index (χ0) is 9.14. The molecule has 0 bridgehead atoms. The minimum atomic E-state index is 0.503. The van der Waals surface area contributed by atoms with Gasteiger partial charge in [-0.1, -0.05) is 0 Å². The van der Waals surface area contributed by atoms with Gasteiger partial charge >= 0.3 is 5.69 Å². The van der Waals surface area contributed by atoms with Crippen molar-refractivity contribution < 1.29 is 4.74 Å². The van der Waals surface area contributed by atoms with Crippen LogP contribution in [0, 0.1) is 19.2 Å². The molecule has 12 heavy (non-hydrogen) atoms. The van der Waals surface area contributed by atoms with Crippen molar-refractivity contribution in [3.05, 3.63) is 28.2 Å². The molecule has 0 fully saturated rings. The highest BCUT2D eigenvalue weighted by Crippen LogP contribution is 2.31. The first-order chi connectivity index (χ1) is 5.69. The van der Waals surface area contributed by atoms with Gasteiger partial charge in [-0.2, -0.15) is 0 Å². The molecule has 0 unspecified atom stereocenters. The number of nitrogens with zero attached hydrogens (tertiary/aromatic N) is 2. The Balaban J connectivity index is 3.36. The van der Waals surface area contributed by atoms with E-state index < -0.39 is 0 Å². The van der Waals surface area contributed by atoms with E-state index in [1.54, 1.807) is 7.11 Å². The quantitative estimate of drug-likeness (QED) is 0.597. The second-order valence-electron chi connectivity index (χ2n) is 2.73. The largest absolute Gasteiger partial charge is 0.489 e. The Hall–Kier alpha value is -1.56. The molecule has 0 spiro atoms. The Morgan fingerprint density at radius 1 is 1.33 bits per heavy atom. The molecular weight excluding hydrogens is 152 g/mol. The summed E-state index contributed by atoms with van der Waals surface area (Å²) in [5, 5.41) is 8.67. The van der Waals surface area contributed by atoms with Crippen molar-refractivity contribution in [3.8, 4) is 5.75 Å². The zero-order valence-electron chi connectivity index (χ0n) is 7.46. The molecule has 3 nitrogen and oxygen atoms in total. The minimum Gasteiger partial charge on any atom is -0.489 e. The van der Waals surface area contributed by atoms with E-state index in [2.05, 4.69) is 4.98 Å². The molecule has 0 aliphatic heterocycles. The molecule has 0 heterocycles. The molecule has 0 radical (unpaired) electrons. The van der Waals surface area contributed by atoms with Crippen LogP contribution in [0.3, 0.4) is 0 Å². The van der Waals surface area contributed by atoms with Gasteiger partial charge in [0.2, 0.25) is 11.1 Å². The Morgan fingerprint density at radius 2 is 2.00 bits per heavy atom. The molecule has 0 aliphatic rings. The van der Waals surface area contributed by atoms with Crippen LogP contribution in [0.4, 0.5) is 5.69 Å². The number of ether oxygens (including phenoxy) is 1. The molecule has 3 heteroatoms. The maximum absolute atomic E-state index is 8.67. The van der Waals surface area contributed by atoms with Crippen LogP contribution in [0.2, 0.25) is 0 Å². The van der Waals surface area contributed by atoms with Crippen LogP contribution in [0.15, 0.2) is 12.1 Å². The predicted molar refractivity (Wildman–Crippen MR) is 47.2 cm³/mol. The number of methoxy groups -OCH3 is 1. The van der Waals surface area contributed by atoms with Gasteiger partial charge in [-0.25, -0.2) is 0 Å². The number of hydrogen-bond donors (Lipinski definition) is 0. The third kappa shape index (κ3) is 1.37. The molecule has 0 saturated heterocycles. The first-order valence-electron chi connectivity index (χ1n) is 3.69. The molecule has 1 aromatic carbocycles. The van der Waals surface area contributed by atoms with Crippen molar-refractivity contribution in [2.45, 2.75) is 13.8 Å². The monoisotopic (exact) mass is 163 g/mol. The SMILES string of the molecule is COc1cc(C)cc(C)c1[N+]#N. The van der Waals surface area contributed by atoms with Crippen LogP contribution in [0.1, 0.15) is 11.1 Å². The number of diazo groups is 1. The maximum Gasteiger partial charge on any atom is 0.429 e. The molecule has 0 aromatic heterocycles. The average Bonchev–Trinajstić information content (AvgIpc) is 2.03. The van der Waals surface area contributed by atoms with Gasteiger partial charge in [0.25, 0.3) is 0 Å². The lowest BCUT2D eigenvalue weighted by atomic mass is 10.1. The van der Waals surface area contributed by atoms with Crippen LogP contribution in [-0.4, -0.2) is 7.11 Å². The highest BCUT2D eigenvalue weighted by Gasteiger charge is 2.18. The topological polar surface area (TPSA) is 37.4 Å². The van der Waals surface area contributed by atoms with E-state index in [1.165, 1.54) is 0 Å². The highest BCUT2D eigenvalue weighted by atomic mass is 16.5. The van der Waals surface area contributed by atoms with Crippen molar-refractivity contribution in [2.24, 2.45) is 0 Å². The summed E-state index contributed by atoms with van der Waals surface area (Å²) in [6.45, 7) is 3.85. The van der Waals surface area contributed by atoms with Crippen molar-refractivity contribution in [2.75, 3.05) is 7.11 Å². The number of hydrogen-bond acceptors (Lipinski definition) is 2. The minimum absolute atomic E-state index is 0.503. The standard InChI is InChI=1S/C9H11N2O/c1-6-4-7(2)9(11-10)8(5-6)12-3/h4-5H,1-3H3/q+1. The third-order valence-corrected chi connectivity index (χ3v) is 1.73. The van der Waals surface area contributed by atoms with Gasteiger partial charge in [-0.05, 0) is 31.5 Å². The summed E-state index contributed by atoms with van der Waals surface area (Å²) in [5.74, 6) is 0.606. The summed E-state index contributed by atoms with van der Waals surface area (Å²) in [4.78, 5) is 3.16. The van der Waals surface area contributed by atoms with E-state index in [-0.39, 0.29) is 0 Å².